The molecule has 0 aliphatic carbocycles. The van der Waals surface area contributed by atoms with E-state index >= 15 is 0 Å². The highest BCUT2D eigenvalue weighted by molar-refractivity contribution is 5.98. The Hall–Kier alpha value is -1.66. The lowest BCUT2D eigenvalue weighted by Gasteiger charge is -2.27. The summed E-state index contributed by atoms with van der Waals surface area (Å²) in [7, 11) is 0. The lowest BCUT2D eigenvalue weighted by atomic mass is 10.2. The fourth-order valence-electron chi connectivity index (χ4n) is 1.73. The van der Waals surface area contributed by atoms with E-state index in [1.807, 2.05) is 0 Å². The molecule has 1 saturated heterocycles. The number of nitrogens with one attached hydrogen (secondary N) is 2. The average Bonchev–Trinajstić information content (AvgIpc) is 2.39. The number of pyridine rings is 1. The Morgan fingerprint density at radius 3 is 2.94 bits per heavy atom. The molecule has 1 aromatic heterocycles. The maximum Gasteiger partial charge on any atom is 0.257 e. The molecule has 6 nitrogen and oxygen atoms in total. The molecule has 0 bridgehead atoms. The van der Waals surface area contributed by atoms with Crippen molar-refractivity contribution >= 4 is 11.7 Å². The van der Waals surface area contributed by atoms with Crippen LogP contribution in [0.4, 0.5) is 5.82 Å². The Bertz CT molecular complexity index is 375. The number of aromatic nitrogens is 1. The number of carbonyl (C=O) groups is 1. The molecular formula is C10H15N5O. The maximum absolute atomic E-state index is 12.1. The molecular weight excluding hydrogens is 206 g/mol. The van der Waals surface area contributed by atoms with Crippen molar-refractivity contribution in [2.45, 2.75) is 0 Å². The van der Waals surface area contributed by atoms with Gasteiger partial charge in [-0.25, -0.2) is 10.8 Å². The summed E-state index contributed by atoms with van der Waals surface area (Å²) in [4.78, 5) is 18.0. The van der Waals surface area contributed by atoms with Crippen molar-refractivity contribution in [3.05, 3.63) is 23.9 Å². The Balaban J connectivity index is 2.19. The molecule has 4 N–H and O–H groups in total. The predicted octanol–water partition coefficient (Wildman–Crippen LogP) is -0.587. The summed E-state index contributed by atoms with van der Waals surface area (Å²) in [5.41, 5.74) is 2.96. The monoisotopic (exact) mass is 221 g/mol. The highest BCUT2D eigenvalue weighted by atomic mass is 16.2. The van der Waals surface area contributed by atoms with Crippen LogP contribution in [-0.4, -0.2) is 42.0 Å². The molecule has 0 radical (unpaired) electrons. The van der Waals surface area contributed by atoms with Gasteiger partial charge in [-0.2, -0.15) is 0 Å². The third-order valence-electron chi connectivity index (χ3n) is 2.58. The SMILES string of the molecule is NNc1ncccc1C(=O)N1CCNCC1. The molecule has 86 valence electrons. The molecule has 0 unspecified atom stereocenters. The second-order valence-electron chi connectivity index (χ2n) is 3.59. The van der Waals surface area contributed by atoms with Gasteiger partial charge in [-0.1, -0.05) is 0 Å². The van der Waals surface area contributed by atoms with Crippen LogP contribution in [0.1, 0.15) is 10.4 Å². The lowest BCUT2D eigenvalue weighted by molar-refractivity contribution is 0.0736. The Labute approximate surface area is 93.8 Å². The fraction of sp³-hybridized carbons (Fsp3) is 0.400. The number of nitrogens with zero attached hydrogens (tertiary/aromatic N) is 2. The van der Waals surface area contributed by atoms with Gasteiger partial charge in [0.15, 0.2) is 5.82 Å². The Kier molecular flexibility index (Phi) is 3.33. The van der Waals surface area contributed by atoms with Crippen molar-refractivity contribution in [1.29, 1.82) is 0 Å². The van der Waals surface area contributed by atoms with Gasteiger partial charge in [0, 0.05) is 32.4 Å². The van der Waals surface area contributed by atoms with Gasteiger partial charge in [-0.3, -0.25) is 4.79 Å². The number of rotatable bonds is 2. The third-order valence-corrected chi connectivity index (χ3v) is 2.58. The van der Waals surface area contributed by atoms with Crippen molar-refractivity contribution in [2.75, 3.05) is 31.6 Å². The van der Waals surface area contributed by atoms with Gasteiger partial charge < -0.3 is 15.6 Å². The van der Waals surface area contributed by atoms with Gasteiger partial charge in [0.2, 0.25) is 0 Å². The van der Waals surface area contributed by atoms with Crippen molar-refractivity contribution < 1.29 is 4.79 Å². The zero-order valence-corrected chi connectivity index (χ0v) is 8.94. The van der Waals surface area contributed by atoms with E-state index < -0.39 is 0 Å². The van der Waals surface area contributed by atoms with Crippen LogP contribution in [0.15, 0.2) is 18.3 Å². The first-order valence-electron chi connectivity index (χ1n) is 5.24. The molecule has 0 atom stereocenters. The summed E-state index contributed by atoms with van der Waals surface area (Å²) in [5.74, 6) is 5.72. The Morgan fingerprint density at radius 2 is 2.25 bits per heavy atom. The Morgan fingerprint density at radius 1 is 1.50 bits per heavy atom. The van der Waals surface area contributed by atoms with Crippen LogP contribution in [-0.2, 0) is 0 Å². The van der Waals surface area contributed by atoms with Crippen LogP contribution >= 0.6 is 0 Å². The number of piperazine rings is 1. The average molecular weight is 221 g/mol. The van der Waals surface area contributed by atoms with Crippen LogP contribution < -0.4 is 16.6 Å². The van der Waals surface area contributed by atoms with Gasteiger partial charge in [0.05, 0.1) is 5.56 Å². The quantitative estimate of drug-likeness (QED) is 0.459. The van der Waals surface area contributed by atoms with E-state index in [0.717, 1.165) is 26.2 Å². The maximum atomic E-state index is 12.1. The number of amides is 1. The molecule has 1 amide bonds. The first-order chi connectivity index (χ1) is 7.83. The highest BCUT2D eigenvalue weighted by Gasteiger charge is 2.20. The van der Waals surface area contributed by atoms with Crippen LogP contribution in [0.3, 0.4) is 0 Å². The summed E-state index contributed by atoms with van der Waals surface area (Å²) in [6, 6.07) is 3.46. The van der Waals surface area contributed by atoms with Crippen LogP contribution in [0.2, 0.25) is 0 Å². The first kappa shape index (κ1) is 10.8. The number of carbonyl (C=O) groups excluding carboxylic acids is 1. The number of hydrogen-bond acceptors (Lipinski definition) is 5. The largest absolute Gasteiger partial charge is 0.336 e. The molecule has 2 rings (SSSR count). The molecule has 0 spiro atoms. The van der Waals surface area contributed by atoms with Gasteiger partial charge >= 0.3 is 0 Å². The normalized spacial score (nSPS) is 15.9. The second-order valence-corrected chi connectivity index (χ2v) is 3.59. The zero-order valence-electron chi connectivity index (χ0n) is 8.94. The number of nitrogen functional groups attached to an aromatic ring is 1. The summed E-state index contributed by atoms with van der Waals surface area (Å²) in [6.07, 6.45) is 1.60. The van der Waals surface area contributed by atoms with Crippen molar-refractivity contribution in [2.24, 2.45) is 5.84 Å². The van der Waals surface area contributed by atoms with E-state index in [-0.39, 0.29) is 5.91 Å². The number of hydrazine groups is 1. The minimum Gasteiger partial charge on any atom is -0.336 e. The topological polar surface area (TPSA) is 83.3 Å². The van der Waals surface area contributed by atoms with Crippen LogP contribution in [0.25, 0.3) is 0 Å². The molecule has 16 heavy (non-hydrogen) atoms. The summed E-state index contributed by atoms with van der Waals surface area (Å²) >= 11 is 0. The number of anilines is 1. The standard InChI is InChI=1S/C10H15N5O/c11-14-9-8(2-1-3-13-9)10(16)15-6-4-12-5-7-15/h1-3,12H,4-7,11H2,(H,13,14). The molecule has 0 aromatic carbocycles. The van der Waals surface area contributed by atoms with Crippen molar-refractivity contribution in [3.8, 4) is 0 Å². The molecule has 1 aliphatic heterocycles. The summed E-state index contributed by atoms with van der Waals surface area (Å²) < 4.78 is 0. The van der Waals surface area contributed by atoms with Gasteiger partial charge in [-0.15, -0.1) is 0 Å². The van der Waals surface area contributed by atoms with E-state index in [1.54, 1.807) is 23.2 Å². The second kappa shape index (κ2) is 4.91. The molecule has 1 aromatic rings. The van der Waals surface area contributed by atoms with Gasteiger partial charge in [0.25, 0.3) is 5.91 Å². The third kappa shape index (κ3) is 2.12. The lowest BCUT2D eigenvalue weighted by Crippen LogP contribution is -2.46. The minimum absolute atomic E-state index is 0.0254. The molecule has 0 saturated carbocycles. The minimum atomic E-state index is -0.0254. The highest BCUT2D eigenvalue weighted by Crippen LogP contribution is 2.13. The van der Waals surface area contributed by atoms with Crippen molar-refractivity contribution in [1.82, 2.24) is 15.2 Å². The summed E-state index contributed by atoms with van der Waals surface area (Å²) in [5, 5.41) is 3.20. The number of nitrogens with two attached hydrogens (primary N) is 1. The molecule has 1 fully saturated rings. The van der Waals surface area contributed by atoms with Crippen LogP contribution in [0.5, 0.6) is 0 Å². The smallest absolute Gasteiger partial charge is 0.257 e. The number of hydrogen-bond donors (Lipinski definition) is 3. The van der Waals surface area contributed by atoms with Gasteiger partial charge in [0.1, 0.15) is 0 Å². The van der Waals surface area contributed by atoms with E-state index in [0.29, 0.717) is 11.4 Å². The molecule has 1 aliphatic rings. The molecule has 6 heteroatoms. The first-order valence-corrected chi connectivity index (χ1v) is 5.24. The van der Waals surface area contributed by atoms with Gasteiger partial charge in [-0.05, 0) is 12.1 Å². The van der Waals surface area contributed by atoms with E-state index in [4.69, 9.17) is 5.84 Å². The molecule has 2 heterocycles. The zero-order chi connectivity index (χ0) is 11.4. The fourth-order valence-corrected chi connectivity index (χ4v) is 1.73. The van der Waals surface area contributed by atoms with E-state index in [1.165, 1.54) is 0 Å². The summed E-state index contributed by atoms with van der Waals surface area (Å²) in [6.45, 7) is 3.10. The van der Waals surface area contributed by atoms with E-state index in [2.05, 4.69) is 15.7 Å². The van der Waals surface area contributed by atoms with E-state index in [9.17, 15) is 4.79 Å². The van der Waals surface area contributed by atoms with Crippen LogP contribution in [0, 0.1) is 0 Å². The van der Waals surface area contributed by atoms with Crippen molar-refractivity contribution in [3.63, 3.8) is 0 Å². The predicted molar refractivity (Wildman–Crippen MR) is 60.8 cm³/mol.